The zero-order chi connectivity index (χ0) is 10.7. The first-order chi connectivity index (χ1) is 7.25. The minimum atomic E-state index is 0.573. The lowest BCUT2D eigenvalue weighted by Crippen LogP contribution is -1.98. The molecule has 0 amide bonds. The Morgan fingerprint density at radius 1 is 1.07 bits per heavy atom. The van der Waals surface area contributed by atoms with Crippen molar-refractivity contribution in [2.24, 2.45) is 0 Å². The lowest BCUT2D eigenvalue weighted by atomic mass is 9.96. The minimum absolute atomic E-state index is 0.573. The number of hydrogen-bond donors (Lipinski definition) is 1. The SMILES string of the molecule is Cc1ccc(CC(C)c2ccccc2)[nH]1. The van der Waals surface area contributed by atoms with E-state index in [1.807, 2.05) is 0 Å². The number of nitrogens with one attached hydrogen (secondary N) is 1. The predicted molar refractivity (Wildman–Crippen MR) is 64.1 cm³/mol. The molecule has 0 spiro atoms. The number of aromatic amines is 1. The minimum Gasteiger partial charge on any atom is -0.362 e. The molecule has 1 nitrogen and oxygen atoms in total. The average molecular weight is 199 g/mol. The summed E-state index contributed by atoms with van der Waals surface area (Å²) >= 11 is 0. The topological polar surface area (TPSA) is 15.8 Å². The molecule has 0 aliphatic rings. The van der Waals surface area contributed by atoms with Gasteiger partial charge in [0.15, 0.2) is 0 Å². The van der Waals surface area contributed by atoms with Crippen molar-refractivity contribution < 1.29 is 0 Å². The highest BCUT2D eigenvalue weighted by Crippen LogP contribution is 2.19. The van der Waals surface area contributed by atoms with Gasteiger partial charge in [0.25, 0.3) is 0 Å². The second-order valence-electron chi connectivity index (χ2n) is 4.18. The monoisotopic (exact) mass is 199 g/mol. The summed E-state index contributed by atoms with van der Waals surface area (Å²) in [6.07, 6.45) is 1.08. The Morgan fingerprint density at radius 2 is 1.80 bits per heavy atom. The van der Waals surface area contributed by atoms with E-state index in [0.717, 1.165) is 6.42 Å². The summed E-state index contributed by atoms with van der Waals surface area (Å²) in [5.74, 6) is 0.573. The first-order valence-corrected chi connectivity index (χ1v) is 5.45. The second kappa shape index (κ2) is 4.35. The maximum atomic E-state index is 3.38. The molecule has 0 aliphatic carbocycles. The van der Waals surface area contributed by atoms with Gasteiger partial charge in [0.05, 0.1) is 0 Å². The van der Waals surface area contributed by atoms with E-state index < -0.39 is 0 Å². The van der Waals surface area contributed by atoms with E-state index in [1.165, 1.54) is 17.0 Å². The maximum absolute atomic E-state index is 3.38. The van der Waals surface area contributed by atoms with Gasteiger partial charge in [0, 0.05) is 11.4 Å². The van der Waals surface area contributed by atoms with Crippen LogP contribution in [0.1, 0.15) is 29.8 Å². The second-order valence-corrected chi connectivity index (χ2v) is 4.18. The van der Waals surface area contributed by atoms with Crippen LogP contribution < -0.4 is 0 Å². The Balaban J connectivity index is 2.07. The molecule has 0 bridgehead atoms. The van der Waals surface area contributed by atoms with Crippen molar-refractivity contribution in [3.8, 4) is 0 Å². The molecule has 1 aromatic carbocycles. The molecule has 1 heterocycles. The van der Waals surface area contributed by atoms with E-state index >= 15 is 0 Å². The summed E-state index contributed by atoms with van der Waals surface area (Å²) in [7, 11) is 0. The molecule has 1 N–H and O–H groups in total. The summed E-state index contributed by atoms with van der Waals surface area (Å²) in [4.78, 5) is 3.38. The highest BCUT2D eigenvalue weighted by Gasteiger charge is 2.06. The van der Waals surface area contributed by atoms with Crippen LogP contribution in [-0.4, -0.2) is 4.98 Å². The first kappa shape index (κ1) is 10.0. The lowest BCUT2D eigenvalue weighted by Gasteiger charge is -2.10. The van der Waals surface area contributed by atoms with Crippen LogP contribution in [0.25, 0.3) is 0 Å². The molecule has 1 atom stereocenters. The molecule has 15 heavy (non-hydrogen) atoms. The number of rotatable bonds is 3. The van der Waals surface area contributed by atoms with E-state index in [-0.39, 0.29) is 0 Å². The van der Waals surface area contributed by atoms with E-state index in [9.17, 15) is 0 Å². The van der Waals surface area contributed by atoms with Gasteiger partial charge in [0.2, 0.25) is 0 Å². The average Bonchev–Trinajstić information content (AvgIpc) is 2.65. The molecule has 78 valence electrons. The van der Waals surface area contributed by atoms with Gasteiger partial charge in [-0.3, -0.25) is 0 Å². The van der Waals surface area contributed by atoms with E-state index in [2.05, 4.69) is 61.3 Å². The predicted octanol–water partition coefficient (Wildman–Crippen LogP) is 3.67. The zero-order valence-corrected chi connectivity index (χ0v) is 9.33. The van der Waals surface area contributed by atoms with Gasteiger partial charge in [0.1, 0.15) is 0 Å². The lowest BCUT2D eigenvalue weighted by molar-refractivity contribution is 0.743. The van der Waals surface area contributed by atoms with Crippen LogP contribution in [0.15, 0.2) is 42.5 Å². The van der Waals surface area contributed by atoms with Gasteiger partial charge in [-0.05, 0) is 37.0 Å². The first-order valence-electron chi connectivity index (χ1n) is 5.45. The summed E-state index contributed by atoms with van der Waals surface area (Å²) in [5, 5.41) is 0. The summed E-state index contributed by atoms with van der Waals surface area (Å²) < 4.78 is 0. The standard InChI is InChI=1S/C14H17N/c1-11(13-6-4-3-5-7-13)10-14-9-8-12(2)15-14/h3-9,11,15H,10H2,1-2H3. The van der Waals surface area contributed by atoms with Crippen molar-refractivity contribution in [3.63, 3.8) is 0 Å². The van der Waals surface area contributed by atoms with Crippen LogP contribution in [0.5, 0.6) is 0 Å². The molecule has 0 aliphatic heterocycles. The molecule has 0 saturated heterocycles. The summed E-state index contributed by atoms with van der Waals surface area (Å²) in [6.45, 7) is 4.36. The van der Waals surface area contributed by atoms with Gasteiger partial charge >= 0.3 is 0 Å². The quantitative estimate of drug-likeness (QED) is 0.776. The maximum Gasteiger partial charge on any atom is 0.0155 e. The van der Waals surface area contributed by atoms with E-state index in [0.29, 0.717) is 5.92 Å². The third-order valence-electron chi connectivity index (χ3n) is 2.79. The molecular weight excluding hydrogens is 182 g/mol. The Labute approximate surface area is 91.2 Å². The number of benzene rings is 1. The van der Waals surface area contributed by atoms with Crippen LogP contribution in [0.3, 0.4) is 0 Å². The summed E-state index contributed by atoms with van der Waals surface area (Å²) in [5.41, 5.74) is 3.97. The van der Waals surface area contributed by atoms with Crippen molar-refractivity contribution in [3.05, 3.63) is 59.4 Å². The van der Waals surface area contributed by atoms with Gasteiger partial charge in [-0.1, -0.05) is 37.3 Å². The fourth-order valence-electron chi connectivity index (χ4n) is 1.91. The smallest absolute Gasteiger partial charge is 0.0155 e. The largest absolute Gasteiger partial charge is 0.362 e. The fourth-order valence-corrected chi connectivity index (χ4v) is 1.91. The third-order valence-corrected chi connectivity index (χ3v) is 2.79. The Morgan fingerprint density at radius 3 is 2.40 bits per heavy atom. The third kappa shape index (κ3) is 2.50. The number of aryl methyl sites for hydroxylation is 1. The number of aromatic nitrogens is 1. The Hall–Kier alpha value is -1.50. The zero-order valence-electron chi connectivity index (χ0n) is 9.33. The van der Waals surface area contributed by atoms with Gasteiger partial charge in [-0.2, -0.15) is 0 Å². The van der Waals surface area contributed by atoms with Crippen molar-refractivity contribution in [1.82, 2.24) is 4.98 Å². The molecule has 1 aromatic heterocycles. The van der Waals surface area contributed by atoms with Crippen molar-refractivity contribution >= 4 is 0 Å². The van der Waals surface area contributed by atoms with E-state index in [4.69, 9.17) is 0 Å². The molecule has 2 aromatic rings. The highest BCUT2D eigenvalue weighted by molar-refractivity contribution is 5.22. The molecule has 0 fully saturated rings. The van der Waals surface area contributed by atoms with Gasteiger partial charge in [-0.15, -0.1) is 0 Å². The van der Waals surface area contributed by atoms with Crippen molar-refractivity contribution in [2.45, 2.75) is 26.2 Å². The fraction of sp³-hybridized carbons (Fsp3) is 0.286. The van der Waals surface area contributed by atoms with Crippen LogP contribution in [-0.2, 0) is 6.42 Å². The molecule has 0 radical (unpaired) electrons. The van der Waals surface area contributed by atoms with Crippen LogP contribution >= 0.6 is 0 Å². The highest BCUT2D eigenvalue weighted by atomic mass is 14.7. The van der Waals surface area contributed by atoms with Crippen LogP contribution in [0, 0.1) is 6.92 Å². The Bertz CT molecular complexity index is 414. The molecule has 1 heteroatoms. The number of hydrogen-bond acceptors (Lipinski definition) is 0. The molecule has 1 unspecified atom stereocenters. The van der Waals surface area contributed by atoms with Crippen molar-refractivity contribution in [2.75, 3.05) is 0 Å². The van der Waals surface area contributed by atoms with Gasteiger partial charge < -0.3 is 4.98 Å². The molecular formula is C14H17N. The normalized spacial score (nSPS) is 12.7. The van der Waals surface area contributed by atoms with Gasteiger partial charge in [-0.25, -0.2) is 0 Å². The Kier molecular flexibility index (Phi) is 2.91. The van der Waals surface area contributed by atoms with Crippen LogP contribution in [0.4, 0.5) is 0 Å². The summed E-state index contributed by atoms with van der Waals surface area (Å²) in [6, 6.07) is 15.0. The van der Waals surface area contributed by atoms with Crippen LogP contribution in [0.2, 0.25) is 0 Å². The molecule has 2 rings (SSSR count). The van der Waals surface area contributed by atoms with E-state index in [1.54, 1.807) is 0 Å². The van der Waals surface area contributed by atoms with Crippen molar-refractivity contribution in [1.29, 1.82) is 0 Å². The molecule has 0 saturated carbocycles. The number of H-pyrrole nitrogens is 1.